The zero-order valence-corrected chi connectivity index (χ0v) is 11.5. The van der Waals surface area contributed by atoms with Crippen molar-refractivity contribution in [3.05, 3.63) is 5.82 Å². The van der Waals surface area contributed by atoms with Gasteiger partial charge in [-0.15, -0.1) is 10.2 Å². The third-order valence-corrected chi connectivity index (χ3v) is 3.83. The van der Waals surface area contributed by atoms with Gasteiger partial charge in [0.05, 0.1) is 6.10 Å². The van der Waals surface area contributed by atoms with Gasteiger partial charge in [0.2, 0.25) is 5.16 Å². The molecule has 1 fully saturated rings. The molecular weight excluding hydrogens is 236 g/mol. The lowest BCUT2D eigenvalue weighted by molar-refractivity contribution is 0.129. The van der Waals surface area contributed by atoms with E-state index in [4.69, 9.17) is 10.6 Å². The molecule has 1 aliphatic heterocycles. The van der Waals surface area contributed by atoms with E-state index in [0.29, 0.717) is 6.10 Å². The van der Waals surface area contributed by atoms with Gasteiger partial charge in [-0.3, -0.25) is 0 Å². The highest BCUT2D eigenvalue weighted by atomic mass is 32.2. The van der Waals surface area contributed by atoms with Crippen LogP contribution in [-0.2, 0) is 10.2 Å². The van der Waals surface area contributed by atoms with Crippen LogP contribution in [-0.4, -0.2) is 33.3 Å². The smallest absolute Gasteiger partial charge is 0.209 e. The summed E-state index contributed by atoms with van der Waals surface area (Å²) in [7, 11) is 0. The largest absolute Gasteiger partial charge is 0.377 e. The molecular formula is C11H20N4OS. The van der Waals surface area contributed by atoms with E-state index in [0.717, 1.165) is 36.2 Å². The maximum atomic E-state index is 6.00. The fourth-order valence-electron chi connectivity index (χ4n) is 1.83. The van der Waals surface area contributed by atoms with Crippen LogP contribution in [0.2, 0.25) is 0 Å². The maximum Gasteiger partial charge on any atom is 0.209 e. The Morgan fingerprint density at radius 2 is 2.24 bits per heavy atom. The van der Waals surface area contributed by atoms with Crippen molar-refractivity contribution in [2.45, 2.75) is 50.3 Å². The van der Waals surface area contributed by atoms with Gasteiger partial charge in [0, 0.05) is 17.8 Å². The van der Waals surface area contributed by atoms with Crippen molar-refractivity contribution in [2.24, 2.45) is 0 Å². The molecule has 1 saturated heterocycles. The summed E-state index contributed by atoms with van der Waals surface area (Å²) in [5, 5.41) is 9.07. The minimum Gasteiger partial charge on any atom is -0.377 e. The number of thioether (sulfide) groups is 1. The average molecular weight is 256 g/mol. The third kappa shape index (κ3) is 2.93. The Kier molecular flexibility index (Phi) is 3.63. The summed E-state index contributed by atoms with van der Waals surface area (Å²) in [5.41, 5.74) is -0.0789. The van der Waals surface area contributed by atoms with Crippen molar-refractivity contribution in [2.75, 3.05) is 18.2 Å². The predicted molar refractivity (Wildman–Crippen MR) is 68.6 cm³/mol. The fourth-order valence-corrected chi connectivity index (χ4v) is 2.75. The van der Waals surface area contributed by atoms with Crippen LogP contribution in [0.1, 0.15) is 39.4 Å². The Bertz CT molecular complexity index is 379. The second-order valence-electron chi connectivity index (χ2n) is 5.37. The number of ether oxygens (including phenoxy) is 1. The molecule has 1 aromatic heterocycles. The number of hydrogen-bond donors (Lipinski definition) is 1. The molecule has 0 radical (unpaired) electrons. The van der Waals surface area contributed by atoms with Crippen molar-refractivity contribution < 1.29 is 4.74 Å². The standard InChI is InChI=1S/C11H20N4OS/c1-11(2,3)9-13-14-10(15(9)12)17-7-8-5-4-6-16-8/h8H,4-7,12H2,1-3H3. The number of nitrogens with two attached hydrogens (primary N) is 1. The topological polar surface area (TPSA) is 66.0 Å². The van der Waals surface area contributed by atoms with E-state index in [1.54, 1.807) is 16.4 Å². The molecule has 2 heterocycles. The maximum absolute atomic E-state index is 6.00. The zero-order chi connectivity index (χ0) is 12.5. The van der Waals surface area contributed by atoms with Crippen molar-refractivity contribution in [3.8, 4) is 0 Å². The van der Waals surface area contributed by atoms with Gasteiger partial charge < -0.3 is 10.6 Å². The molecule has 6 heteroatoms. The van der Waals surface area contributed by atoms with Crippen molar-refractivity contribution in [1.29, 1.82) is 0 Å². The van der Waals surface area contributed by atoms with Gasteiger partial charge in [0.25, 0.3) is 0 Å². The first kappa shape index (κ1) is 12.7. The summed E-state index contributed by atoms with van der Waals surface area (Å²) in [6.07, 6.45) is 2.64. The van der Waals surface area contributed by atoms with Gasteiger partial charge in [-0.25, -0.2) is 4.68 Å². The predicted octanol–water partition coefficient (Wildman–Crippen LogP) is 1.56. The Balaban J connectivity index is 1.99. The molecule has 2 rings (SSSR count). The number of nitrogen functional groups attached to an aromatic ring is 1. The molecule has 5 nitrogen and oxygen atoms in total. The zero-order valence-electron chi connectivity index (χ0n) is 10.6. The first-order chi connectivity index (χ1) is 7.98. The van der Waals surface area contributed by atoms with E-state index < -0.39 is 0 Å². The van der Waals surface area contributed by atoms with Crippen LogP contribution in [0.15, 0.2) is 5.16 Å². The van der Waals surface area contributed by atoms with Crippen molar-refractivity contribution in [3.63, 3.8) is 0 Å². The third-order valence-electron chi connectivity index (χ3n) is 2.76. The summed E-state index contributed by atoms with van der Waals surface area (Å²) in [4.78, 5) is 0. The van der Waals surface area contributed by atoms with Gasteiger partial charge in [0.1, 0.15) is 0 Å². The van der Waals surface area contributed by atoms with Crippen LogP contribution in [0.5, 0.6) is 0 Å². The molecule has 1 aliphatic rings. The number of nitrogens with zero attached hydrogens (tertiary/aromatic N) is 3. The Hall–Kier alpha value is -0.750. The van der Waals surface area contributed by atoms with E-state index in [-0.39, 0.29) is 5.41 Å². The summed E-state index contributed by atoms with van der Waals surface area (Å²) in [6, 6.07) is 0. The van der Waals surface area contributed by atoms with Gasteiger partial charge >= 0.3 is 0 Å². The van der Waals surface area contributed by atoms with Crippen LogP contribution in [0.25, 0.3) is 0 Å². The first-order valence-corrected chi connectivity index (χ1v) is 6.92. The van der Waals surface area contributed by atoms with Gasteiger partial charge in [-0.05, 0) is 12.8 Å². The molecule has 0 amide bonds. The molecule has 17 heavy (non-hydrogen) atoms. The van der Waals surface area contributed by atoms with E-state index in [1.807, 2.05) is 0 Å². The number of rotatable bonds is 3. The highest BCUT2D eigenvalue weighted by Crippen LogP contribution is 2.25. The minimum atomic E-state index is -0.0789. The lowest BCUT2D eigenvalue weighted by Gasteiger charge is -2.16. The summed E-state index contributed by atoms with van der Waals surface area (Å²) in [5.74, 6) is 7.72. The summed E-state index contributed by atoms with van der Waals surface area (Å²) >= 11 is 1.62. The summed E-state index contributed by atoms with van der Waals surface area (Å²) in [6.45, 7) is 7.12. The molecule has 2 N–H and O–H groups in total. The Morgan fingerprint density at radius 1 is 1.47 bits per heavy atom. The first-order valence-electron chi connectivity index (χ1n) is 5.94. The van der Waals surface area contributed by atoms with Crippen LogP contribution in [0, 0.1) is 0 Å². The fraction of sp³-hybridized carbons (Fsp3) is 0.818. The van der Waals surface area contributed by atoms with E-state index in [2.05, 4.69) is 31.0 Å². The second-order valence-corrected chi connectivity index (χ2v) is 6.36. The second kappa shape index (κ2) is 4.86. The minimum absolute atomic E-state index is 0.0789. The average Bonchev–Trinajstić information content (AvgIpc) is 2.83. The molecule has 0 saturated carbocycles. The summed E-state index contributed by atoms with van der Waals surface area (Å²) < 4.78 is 7.17. The van der Waals surface area contributed by atoms with Crippen LogP contribution in [0.3, 0.4) is 0 Å². The lowest BCUT2D eigenvalue weighted by Crippen LogP contribution is -2.24. The van der Waals surface area contributed by atoms with E-state index >= 15 is 0 Å². The molecule has 1 atom stereocenters. The quantitative estimate of drug-likeness (QED) is 0.656. The molecule has 0 aromatic carbocycles. The van der Waals surface area contributed by atoms with Crippen LogP contribution < -0.4 is 5.84 Å². The van der Waals surface area contributed by atoms with Crippen molar-refractivity contribution >= 4 is 11.8 Å². The van der Waals surface area contributed by atoms with Crippen LogP contribution in [0.4, 0.5) is 0 Å². The normalized spacial score (nSPS) is 21.0. The number of aromatic nitrogens is 3. The molecule has 1 aromatic rings. The molecule has 0 spiro atoms. The van der Waals surface area contributed by atoms with Crippen molar-refractivity contribution in [1.82, 2.24) is 14.9 Å². The SMILES string of the molecule is CC(C)(C)c1nnc(SCC2CCCO2)n1N. The Labute approximate surface area is 106 Å². The molecule has 1 unspecified atom stereocenters. The molecule has 0 bridgehead atoms. The highest BCUT2D eigenvalue weighted by molar-refractivity contribution is 7.99. The van der Waals surface area contributed by atoms with Gasteiger partial charge in [-0.1, -0.05) is 32.5 Å². The van der Waals surface area contributed by atoms with E-state index in [9.17, 15) is 0 Å². The van der Waals surface area contributed by atoms with E-state index in [1.165, 1.54) is 0 Å². The van der Waals surface area contributed by atoms with Gasteiger partial charge in [0.15, 0.2) is 5.82 Å². The number of hydrogen-bond acceptors (Lipinski definition) is 5. The van der Waals surface area contributed by atoms with Gasteiger partial charge in [-0.2, -0.15) is 0 Å². The van der Waals surface area contributed by atoms with Crippen LogP contribution >= 0.6 is 11.8 Å². The molecule has 96 valence electrons. The highest BCUT2D eigenvalue weighted by Gasteiger charge is 2.24. The molecule has 0 aliphatic carbocycles. The lowest BCUT2D eigenvalue weighted by atomic mass is 9.96. The Morgan fingerprint density at radius 3 is 2.76 bits per heavy atom. The monoisotopic (exact) mass is 256 g/mol.